The Kier molecular flexibility index (Phi) is 7.76. The Morgan fingerprint density at radius 2 is 1.46 bits per heavy atom. The first-order valence-corrected chi connectivity index (χ1v) is 11.1. The largest absolute Gasteiger partial charge is 0.294 e. The number of hydrogen-bond donors (Lipinski definition) is 1. The summed E-state index contributed by atoms with van der Waals surface area (Å²) in [4.78, 5) is 0.136. The van der Waals surface area contributed by atoms with Gasteiger partial charge in [0.05, 0.1) is 4.90 Å². The average Bonchev–Trinajstić information content (AvgIpc) is 2.56. The van der Waals surface area contributed by atoms with Gasteiger partial charge in [-0.2, -0.15) is 8.42 Å². The lowest BCUT2D eigenvalue weighted by atomic mass is 9.86. The molecule has 0 spiro atoms. The highest BCUT2D eigenvalue weighted by atomic mass is 32.2. The van der Waals surface area contributed by atoms with E-state index >= 15 is 0 Å². The molecule has 1 aliphatic carbocycles. The van der Waals surface area contributed by atoms with Crippen molar-refractivity contribution in [2.24, 2.45) is 0 Å². The van der Waals surface area contributed by atoms with Crippen molar-refractivity contribution in [1.29, 1.82) is 0 Å². The van der Waals surface area contributed by atoms with Crippen molar-refractivity contribution in [2.45, 2.75) is 95.3 Å². The highest BCUT2D eigenvalue weighted by molar-refractivity contribution is 7.85. The Balaban J connectivity index is 1.90. The van der Waals surface area contributed by atoms with Gasteiger partial charge in [-0.25, -0.2) is 0 Å². The molecule has 0 aromatic heterocycles. The Labute approximate surface area is 147 Å². The third-order valence-corrected chi connectivity index (χ3v) is 6.10. The van der Waals surface area contributed by atoms with Crippen LogP contribution in [0.2, 0.25) is 0 Å². The number of unbranched alkanes of at least 4 members (excludes halogenated alkanes) is 7. The second-order valence-electron chi connectivity index (χ2n) is 7.09. The third kappa shape index (κ3) is 5.59. The van der Waals surface area contributed by atoms with Crippen LogP contribution < -0.4 is 0 Å². The van der Waals surface area contributed by atoms with E-state index in [0.29, 0.717) is 0 Å². The molecule has 0 saturated heterocycles. The van der Waals surface area contributed by atoms with Gasteiger partial charge in [0.25, 0.3) is 10.1 Å². The highest BCUT2D eigenvalue weighted by Gasteiger charge is 2.22. The van der Waals surface area contributed by atoms with Crippen LogP contribution in [-0.4, -0.2) is 13.0 Å². The highest BCUT2D eigenvalue weighted by Crippen LogP contribution is 2.31. The van der Waals surface area contributed by atoms with E-state index in [-0.39, 0.29) is 4.90 Å². The first-order valence-electron chi connectivity index (χ1n) is 9.65. The van der Waals surface area contributed by atoms with Crippen LogP contribution >= 0.6 is 0 Å². The molecule has 3 nitrogen and oxygen atoms in total. The maximum atomic E-state index is 11.6. The van der Waals surface area contributed by atoms with Gasteiger partial charge in [0.1, 0.15) is 0 Å². The summed E-state index contributed by atoms with van der Waals surface area (Å²) in [5.41, 5.74) is 3.36. The van der Waals surface area contributed by atoms with Crippen LogP contribution in [0.4, 0.5) is 0 Å². The van der Waals surface area contributed by atoms with Crippen molar-refractivity contribution in [1.82, 2.24) is 0 Å². The van der Waals surface area contributed by atoms with Gasteiger partial charge < -0.3 is 0 Å². The molecule has 2 rings (SSSR count). The average molecular weight is 353 g/mol. The van der Waals surface area contributed by atoms with E-state index in [1.807, 2.05) is 6.07 Å². The summed E-state index contributed by atoms with van der Waals surface area (Å²) in [6, 6.07) is 3.54. The molecule has 0 aliphatic heterocycles. The van der Waals surface area contributed by atoms with Gasteiger partial charge in [0, 0.05) is 0 Å². The summed E-state index contributed by atoms with van der Waals surface area (Å²) >= 11 is 0. The molecule has 0 unspecified atom stereocenters. The number of aryl methyl sites for hydroxylation is 1. The van der Waals surface area contributed by atoms with Crippen molar-refractivity contribution in [3.8, 4) is 0 Å². The molecule has 136 valence electrons. The summed E-state index contributed by atoms with van der Waals surface area (Å²) in [6.07, 6.45) is 15.3. The molecule has 1 aromatic carbocycles. The number of rotatable bonds is 10. The maximum absolute atomic E-state index is 11.6. The van der Waals surface area contributed by atoms with Gasteiger partial charge in [-0.3, -0.25) is 4.55 Å². The number of benzene rings is 1. The fourth-order valence-electron chi connectivity index (χ4n) is 3.83. The van der Waals surface area contributed by atoms with Gasteiger partial charge in [-0.1, -0.05) is 57.9 Å². The predicted octanol–water partition coefficient (Wildman–Crippen LogP) is 5.50. The SMILES string of the molecule is CCCCCCCCCCc1ccc(S(=O)(=O)O)c2c1CCCC2. The van der Waals surface area contributed by atoms with Crippen molar-refractivity contribution in [3.63, 3.8) is 0 Å². The molecule has 24 heavy (non-hydrogen) atoms. The monoisotopic (exact) mass is 352 g/mol. The van der Waals surface area contributed by atoms with Gasteiger partial charge in [0.2, 0.25) is 0 Å². The third-order valence-electron chi connectivity index (χ3n) is 5.17. The van der Waals surface area contributed by atoms with Crippen molar-refractivity contribution < 1.29 is 13.0 Å². The summed E-state index contributed by atoms with van der Waals surface area (Å²) in [5.74, 6) is 0. The zero-order chi connectivity index (χ0) is 17.4. The standard InChI is InChI=1S/C20H32O3S/c1-2-3-4-5-6-7-8-9-12-17-15-16-20(24(21,22)23)19-14-11-10-13-18(17)19/h15-16H,2-14H2,1H3,(H,21,22,23). The Morgan fingerprint density at radius 3 is 2.08 bits per heavy atom. The molecule has 0 atom stereocenters. The predicted molar refractivity (Wildman–Crippen MR) is 99.2 cm³/mol. The molecule has 0 fully saturated rings. The van der Waals surface area contributed by atoms with E-state index in [2.05, 4.69) is 6.92 Å². The molecule has 0 heterocycles. The van der Waals surface area contributed by atoms with E-state index in [0.717, 1.165) is 37.7 Å². The minimum Gasteiger partial charge on any atom is -0.282 e. The van der Waals surface area contributed by atoms with Crippen molar-refractivity contribution >= 4 is 10.1 Å². The molecule has 0 radical (unpaired) electrons. The quantitative estimate of drug-likeness (QED) is 0.447. The smallest absolute Gasteiger partial charge is 0.282 e. The van der Waals surface area contributed by atoms with E-state index in [1.54, 1.807) is 6.07 Å². The molecular formula is C20H32O3S. The van der Waals surface area contributed by atoms with Crippen LogP contribution in [-0.2, 0) is 29.4 Å². The summed E-state index contributed by atoms with van der Waals surface area (Å²) in [7, 11) is -4.10. The number of hydrogen-bond acceptors (Lipinski definition) is 2. The molecule has 0 saturated carbocycles. The fourth-order valence-corrected chi connectivity index (χ4v) is 4.61. The number of fused-ring (bicyclic) bond motifs is 1. The fraction of sp³-hybridized carbons (Fsp3) is 0.700. The second-order valence-corrected chi connectivity index (χ2v) is 8.48. The molecule has 0 amide bonds. The molecule has 4 heteroatoms. The second kappa shape index (κ2) is 9.57. The molecular weight excluding hydrogens is 320 g/mol. The zero-order valence-corrected chi connectivity index (χ0v) is 15.8. The van der Waals surface area contributed by atoms with Crippen LogP contribution in [0.1, 0.15) is 87.8 Å². The van der Waals surface area contributed by atoms with Crippen LogP contribution in [0.3, 0.4) is 0 Å². The van der Waals surface area contributed by atoms with Crippen LogP contribution in [0.25, 0.3) is 0 Å². The summed E-state index contributed by atoms with van der Waals surface area (Å²) in [6.45, 7) is 2.24. The Hall–Kier alpha value is -0.870. The van der Waals surface area contributed by atoms with Crippen molar-refractivity contribution in [2.75, 3.05) is 0 Å². The van der Waals surface area contributed by atoms with Crippen LogP contribution in [0, 0.1) is 0 Å². The zero-order valence-electron chi connectivity index (χ0n) is 15.0. The minimum absolute atomic E-state index is 0.136. The van der Waals surface area contributed by atoms with Gasteiger partial charge in [0.15, 0.2) is 0 Å². The van der Waals surface area contributed by atoms with Gasteiger partial charge >= 0.3 is 0 Å². The van der Waals surface area contributed by atoms with E-state index in [4.69, 9.17) is 0 Å². The van der Waals surface area contributed by atoms with Crippen LogP contribution in [0.5, 0.6) is 0 Å². The lowest BCUT2D eigenvalue weighted by Crippen LogP contribution is -2.13. The van der Waals surface area contributed by atoms with E-state index in [1.165, 1.54) is 62.5 Å². The molecule has 1 N–H and O–H groups in total. The van der Waals surface area contributed by atoms with E-state index in [9.17, 15) is 13.0 Å². The molecule has 1 aliphatic rings. The van der Waals surface area contributed by atoms with Gasteiger partial charge in [-0.05, 0) is 61.3 Å². The summed E-state index contributed by atoms with van der Waals surface area (Å²) in [5, 5.41) is 0. The first-order chi connectivity index (χ1) is 11.5. The van der Waals surface area contributed by atoms with Crippen molar-refractivity contribution in [3.05, 3.63) is 28.8 Å². The summed E-state index contributed by atoms with van der Waals surface area (Å²) < 4.78 is 32.6. The van der Waals surface area contributed by atoms with Gasteiger partial charge in [-0.15, -0.1) is 0 Å². The normalized spacial score (nSPS) is 14.6. The topological polar surface area (TPSA) is 54.4 Å². The van der Waals surface area contributed by atoms with Crippen LogP contribution in [0.15, 0.2) is 17.0 Å². The Bertz CT molecular complexity index is 620. The minimum atomic E-state index is -4.10. The maximum Gasteiger partial charge on any atom is 0.294 e. The first kappa shape index (κ1) is 19.5. The Morgan fingerprint density at radius 1 is 0.875 bits per heavy atom. The lowest BCUT2D eigenvalue weighted by molar-refractivity contribution is 0.480. The molecule has 1 aromatic rings. The van der Waals surface area contributed by atoms with E-state index < -0.39 is 10.1 Å². The molecule has 0 bridgehead atoms. The lowest BCUT2D eigenvalue weighted by Gasteiger charge is -2.21.